The summed E-state index contributed by atoms with van der Waals surface area (Å²) in [4.78, 5) is 2.35. The highest BCUT2D eigenvalue weighted by molar-refractivity contribution is 5.24. The Morgan fingerprint density at radius 1 is 1.15 bits per heavy atom. The highest BCUT2D eigenvalue weighted by atomic mass is 19.4. The third kappa shape index (κ3) is 11.2. The Balaban J connectivity index is 0.000000918. The highest BCUT2D eigenvalue weighted by Crippen LogP contribution is 2.29. The number of aliphatic hydroxyl groups is 1. The van der Waals surface area contributed by atoms with E-state index in [0.29, 0.717) is 0 Å². The Hall–Kier alpha value is -1.49. The number of alkyl halides is 3. The van der Waals surface area contributed by atoms with Gasteiger partial charge in [0.25, 0.3) is 0 Å². The fraction of sp³-hybridized carbons (Fsp3) is 0.619. The molecule has 150 valence electrons. The molecule has 0 spiro atoms. The number of likely N-dealkylation sites (tertiary alicyclic amines) is 1. The van der Waals surface area contributed by atoms with Gasteiger partial charge >= 0.3 is 6.18 Å². The maximum absolute atomic E-state index is 12.4. The molecule has 5 heteroatoms. The molecule has 0 unspecified atom stereocenters. The molecule has 0 aliphatic carbocycles. The number of hydrogen-bond acceptors (Lipinski definition) is 2. The van der Waals surface area contributed by atoms with Gasteiger partial charge in [0.2, 0.25) is 0 Å². The topological polar surface area (TPSA) is 23.5 Å². The molecule has 1 N–H and O–H groups in total. The van der Waals surface area contributed by atoms with Crippen molar-refractivity contribution in [2.24, 2.45) is 5.92 Å². The minimum atomic E-state index is -4.23. The highest BCUT2D eigenvalue weighted by Gasteiger charge is 2.29. The van der Waals surface area contributed by atoms with Crippen molar-refractivity contribution in [3.8, 4) is 0 Å². The minimum Gasteiger partial charge on any atom is -0.516 e. The lowest BCUT2D eigenvalue weighted by Crippen LogP contribution is -2.30. The molecule has 26 heavy (non-hydrogen) atoms. The number of piperidine rings is 1. The molecule has 1 aromatic rings. The lowest BCUT2D eigenvalue weighted by molar-refractivity contribution is -0.137. The van der Waals surface area contributed by atoms with Gasteiger partial charge in [0, 0.05) is 0 Å². The van der Waals surface area contributed by atoms with Gasteiger partial charge in [0.05, 0.1) is 11.8 Å². The number of halogens is 3. The molecular weight excluding hydrogens is 339 g/mol. The number of rotatable bonds is 4. The fourth-order valence-electron chi connectivity index (χ4n) is 2.81. The number of nitrogens with zero attached hydrogens (tertiary/aromatic N) is 1. The van der Waals surface area contributed by atoms with E-state index >= 15 is 0 Å². The summed E-state index contributed by atoms with van der Waals surface area (Å²) in [5, 5.41) is 7.33. The average molecular weight is 374 g/mol. The summed E-state index contributed by atoms with van der Waals surface area (Å²) in [6.45, 7) is 9.51. The molecule has 0 amide bonds. The van der Waals surface area contributed by atoms with Crippen LogP contribution in [0.1, 0.15) is 57.1 Å². The van der Waals surface area contributed by atoms with Crippen molar-refractivity contribution in [2.45, 2.75) is 58.5 Å². The summed E-state index contributed by atoms with van der Waals surface area (Å²) in [7, 11) is 2.15. The maximum atomic E-state index is 12.4. The largest absolute Gasteiger partial charge is 0.516 e. The Morgan fingerprint density at radius 2 is 1.62 bits per heavy atom. The Kier molecular flexibility index (Phi) is 12.9. The van der Waals surface area contributed by atoms with Gasteiger partial charge in [-0.1, -0.05) is 45.4 Å². The molecule has 2 rings (SSSR count). The van der Waals surface area contributed by atoms with Crippen LogP contribution >= 0.6 is 0 Å². The SMILES string of the molecule is C=CO.CCC.CN1CCC(CCCc2ccc(C(F)(F)F)cc2)CC1. The van der Waals surface area contributed by atoms with Crippen molar-refractivity contribution in [3.05, 3.63) is 48.2 Å². The monoisotopic (exact) mass is 373 g/mol. The first kappa shape index (κ1) is 24.5. The van der Waals surface area contributed by atoms with Crippen LogP contribution in [0.25, 0.3) is 0 Å². The molecule has 0 atom stereocenters. The van der Waals surface area contributed by atoms with Crippen molar-refractivity contribution in [2.75, 3.05) is 20.1 Å². The van der Waals surface area contributed by atoms with Crippen LogP contribution in [0, 0.1) is 5.92 Å². The van der Waals surface area contributed by atoms with Crippen molar-refractivity contribution >= 4 is 0 Å². The molecule has 1 saturated heterocycles. The second-order valence-corrected chi connectivity index (χ2v) is 6.72. The molecule has 1 aliphatic heterocycles. The first-order chi connectivity index (χ1) is 12.3. The average Bonchev–Trinajstić information content (AvgIpc) is 2.58. The molecule has 0 radical (unpaired) electrons. The quantitative estimate of drug-likeness (QED) is 0.611. The summed E-state index contributed by atoms with van der Waals surface area (Å²) in [5.74, 6) is 0.792. The van der Waals surface area contributed by atoms with Crippen LogP contribution in [-0.2, 0) is 12.6 Å². The van der Waals surface area contributed by atoms with E-state index in [2.05, 4.69) is 32.4 Å². The van der Waals surface area contributed by atoms with E-state index in [1.165, 1.54) is 50.9 Å². The number of benzene rings is 1. The number of aryl methyl sites for hydroxylation is 1. The fourth-order valence-corrected chi connectivity index (χ4v) is 2.81. The molecule has 1 fully saturated rings. The normalized spacial score (nSPS) is 15.3. The standard InChI is InChI=1S/C16H22F3N.C3H8.C2H4O/c1-20-11-9-14(10-12-20)4-2-3-13-5-7-15(8-6-13)16(17,18)19;1-3-2;1-2-3/h5-8,14H,2-4,9-12H2,1H3;3H2,1-2H3;2-3H,1H2. The second-order valence-electron chi connectivity index (χ2n) is 6.72. The zero-order chi connectivity index (χ0) is 20.0. The van der Waals surface area contributed by atoms with Crippen LogP contribution in [0.3, 0.4) is 0 Å². The van der Waals surface area contributed by atoms with Crippen LogP contribution in [0.4, 0.5) is 13.2 Å². The van der Waals surface area contributed by atoms with Gasteiger partial charge in [-0.25, -0.2) is 0 Å². The smallest absolute Gasteiger partial charge is 0.416 e. The van der Waals surface area contributed by atoms with Gasteiger partial charge in [-0.05, 0) is 69.4 Å². The first-order valence-corrected chi connectivity index (χ1v) is 9.38. The third-order valence-electron chi connectivity index (χ3n) is 4.20. The summed E-state index contributed by atoms with van der Waals surface area (Å²) in [5.41, 5.74) is 0.447. The lowest BCUT2D eigenvalue weighted by Gasteiger charge is -2.28. The van der Waals surface area contributed by atoms with Gasteiger partial charge in [-0.15, -0.1) is 0 Å². The summed E-state index contributed by atoms with van der Waals surface area (Å²) < 4.78 is 37.3. The molecule has 1 heterocycles. The van der Waals surface area contributed by atoms with Crippen LogP contribution in [0.2, 0.25) is 0 Å². The van der Waals surface area contributed by atoms with Crippen molar-refractivity contribution in [3.63, 3.8) is 0 Å². The molecule has 1 aromatic carbocycles. The predicted octanol–water partition coefficient (Wildman–Crippen LogP) is 6.47. The third-order valence-corrected chi connectivity index (χ3v) is 4.20. The van der Waals surface area contributed by atoms with Gasteiger partial charge in [0.1, 0.15) is 0 Å². The summed E-state index contributed by atoms with van der Waals surface area (Å²) in [6.07, 6.45) is 3.42. The zero-order valence-corrected chi connectivity index (χ0v) is 16.4. The summed E-state index contributed by atoms with van der Waals surface area (Å²) in [6, 6.07) is 5.59. The van der Waals surface area contributed by atoms with E-state index in [1.807, 2.05) is 0 Å². The van der Waals surface area contributed by atoms with Crippen LogP contribution in [-0.4, -0.2) is 30.1 Å². The molecule has 0 bridgehead atoms. The number of aliphatic hydroxyl groups excluding tert-OH is 1. The second kappa shape index (κ2) is 13.7. The van der Waals surface area contributed by atoms with E-state index in [1.54, 1.807) is 12.1 Å². The maximum Gasteiger partial charge on any atom is 0.416 e. The molecule has 2 nitrogen and oxygen atoms in total. The Morgan fingerprint density at radius 3 is 2.04 bits per heavy atom. The van der Waals surface area contributed by atoms with Crippen LogP contribution < -0.4 is 0 Å². The molecule has 1 aliphatic rings. The van der Waals surface area contributed by atoms with E-state index in [4.69, 9.17) is 5.11 Å². The van der Waals surface area contributed by atoms with Crippen LogP contribution in [0.15, 0.2) is 37.1 Å². The van der Waals surface area contributed by atoms with E-state index in [0.717, 1.165) is 30.6 Å². The van der Waals surface area contributed by atoms with Gasteiger partial charge in [0.15, 0.2) is 0 Å². The minimum absolute atomic E-state index is 0.559. The predicted molar refractivity (Wildman–Crippen MR) is 103 cm³/mol. The van der Waals surface area contributed by atoms with Gasteiger partial charge in [-0.2, -0.15) is 13.2 Å². The van der Waals surface area contributed by atoms with Crippen LogP contribution in [0.5, 0.6) is 0 Å². The van der Waals surface area contributed by atoms with E-state index < -0.39 is 11.7 Å². The molecule has 0 saturated carbocycles. The van der Waals surface area contributed by atoms with Gasteiger partial charge in [-0.3, -0.25) is 0 Å². The zero-order valence-electron chi connectivity index (χ0n) is 16.4. The molecular formula is C21H34F3NO. The van der Waals surface area contributed by atoms with E-state index in [9.17, 15) is 13.2 Å². The summed E-state index contributed by atoms with van der Waals surface area (Å²) >= 11 is 0. The lowest BCUT2D eigenvalue weighted by atomic mass is 9.91. The molecule has 0 aromatic heterocycles. The van der Waals surface area contributed by atoms with Crippen molar-refractivity contribution in [1.29, 1.82) is 0 Å². The Labute approximate surface area is 156 Å². The number of hydrogen-bond donors (Lipinski definition) is 1. The van der Waals surface area contributed by atoms with Crippen molar-refractivity contribution in [1.82, 2.24) is 4.90 Å². The first-order valence-electron chi connectivity index (χ1n) is 9.38. The van der Waals surface area contributed by atoms with Gasteiger partial charge < -0.3 is 10.0 Å². The van der Waals surface area contributed by atoms with Crippen molar-refractivity contribution < 1.29 is 18.3 Å². The van der Waals surface area contributed by atoms with E-state index in [-0.39, 0.29) is 0 Å². The Bertz CT molecular complexity index is 463.